The fourth-order valence-electron chi connectivity index (χ4n) is 2.83. The number of sulfonamides is 1. The number of rotatable bonds is 5. The van der Waals surface area contributed by atoms with E-state index < -0.39 is 10.0 Å². The smallest absolute Gasteiger partial charge is 0.215 e. The third-order valence-corrected chi connectivity index (χ3v) is 7.91. The van der Waals surface area contributed by atoms with Crippen LogP contribution in [-0.4, -0.2) is 91.6 Å². The molecule has 0 aromatic carbocycles. The summed E-state index contributed by atoms with van der Waals surface area (Å²) < 4.78 is 26.2. The van der Waals surface area contributed by atoms with Gasteiger partial charge in [-0.05, 0) is 0 Å². The summed E-state index contributed by atoms with van der Waals surface area (Å²) in [6, 6.07) is 0. The quantitative estimate of drug-likeness (QED) is 0.543. The molecule has 2 aliphatic heterocycles. The molecule has 1 aromatic rings. The van der Waals surface area contributed by atoms with Crippen LogP contribution in [-0.2, 0) is 10.0 Å². The number of nitrogens with zero attached hydrogens (tertiary/aromatic N) is 5. The van der Waals surface area contributed by atoms with Crippen LogP contribution in [0.2, 0.25) is 0 Å². The molecule has 1 aromatic heterocycles. The summed E-state index contributed by atoms with van der Waals surface area (Å²) >= 11 is 3.42. The molecule has 25 heavy (non-hydrogen) atoms. The van der Waals surface area contributed by atoms with Crippen molar-refractivity contribution in [3.8, 4) is 0 Å². The Morgan fingerprint density at radius 1 is 1.20 bits per heavy atom. The van der Waals surface area contributed by atoms with E-state index in [0.717, 1.165) is 42.8 Å². The zero-order chi connectivity index (χ0) is 17.7. The van der Waals surface area contributed by atoms with Crippen LogP contribution in [0.5, 0.6) is 0 Å². The van der Waals surface area contributed by atoms with E-state index in [9.17, 15) is 8.42 Å². The first-order chi connectivity index (χ1) is 12.1. The Labute approximate surface area is 157 Å². The SMILES string of the molecule is NC(=NCCS(=O)(=O)N1CCSCC1)N1CCN(c2nccs2)CC1. The van der Waals surface area contributed by atoms with Gasteiger partial charge in [0, 0.05) is 62.4 Å². The highest BCUT2D eigenvalue weighted by atomic mass is 32.2. The molecule has 8 nitrogen and oxygen atoms in total. The molecule has 140 valence electrons. The fourth-order valence-corrected chi connectivity index (χ4v) is 5.98. The van der Waals surface area contributed by atoms with Crippen molar-refractivity contribution in [3.05, 3.63) is 11.6 Å². The maximum absolute atomic E-state index is 12.3. The van der Waals surface area contributed by atoms with Crippen molar-refractivity contribution in [2.75, 3.05) is 68.0 Å². The van der Waals surface area contributed by atoms with Crippen molar-refractivity contribution >= 4 is 44.2 Å². The summed E-state index contributed by atoms with van der Waals surface area (Å²) in [5.74, 6) is 2.20. The molecule has 11 heteroatoms. The van der Waals surface area contributed by atoms with Crippen molar-refractivity contribution in [2.45, 2.75) is 0 Å². The number of guanidine groups is 1. The summed E-state index contributed by atoms with van der Waals surface area (Å²) in [4.78, 5) is 12.9. The molecule has 0 spiro atoms. The van der Waals surface area contributed by atoms with E-state index in [1.807, 2.05) is 16.5 Å². The molecule has 2 fully saturated rings. The number of aliphatic imine (C=N–C) groups is 1. The lowest BCUT2D eigenvalue weighted by molar-refractivity contribution is 0.381. The Balaban J connectivity index is 1.46. The van der Waals surface area contributed by atoms with E-state index in [2.05, 4.69) is 14.9 Å². The summed E-state index contributed by atoms with van der Waals surface area (Å²) in [6.45, 7) is 4.64. The van der Waals surface area contributed by atoms with Crippen LogP contribution < -0.4 is 10.6 Å². The first kappa shape index (κ1) is 18.7. The predicted molar refractivity (Wildman–Crippen MR) is 105 cm³/mol. The Morgan fingerprint density at radius 2 is 1.92 bits per heavy atom. The van der Waals surface area contributed by atoms with Crippen molar-refractivity contribution in [3.63, 3.8) is 0 Å². The van der Waals surface area contributed by atoms with Gasteiger partial charge in [0.05, 0.1) is 12.3 Å². The van der Waals surface area contributed by atoms with Crippen molar-refractivity contribution in [1.29, 1.82) is 0 Å². The highest BCUT2D eigenvalue weighted by Crippen LogP contribution is 2.18. The number of thiazole rings is 1. The van der Waals surface area contributed by atoms with Gasteiger partial charge in [-0.1, -0.05) is 0 Å². The van der Waals surface area contributed by atoms with Crippen LogP contribution in [0.3, 0.4) is 0 Å². The molecule has 0 amide bonds. The number of nitrogens with two attached hydrogens (primary N) is 1. The molecule has 0 radical (unpaired) electrons. The molecular weight excluding hydrogens is 380 g/mol. The van der Waals surface area contributed by atoms with Gasteiger partial charge in [0.1, 0.15) is 0 Å². The van der Waals surface area contributed by atoms with Gasteiger partial charge in [-0.25, -0.2) is 17.7 Å². The highest BCUT2D eigenvalue weighted by Gasteiger charge is 2.24. The minimum absolute atomic E-state index is 0.0252. The van der Waals surface area contributed by atoms with Crippen molar-refractivity contribution < 1.29 is 8.42 Å². The lowest BCUT2D eigenvalue weighted by atomic mass is 10.3. The van der Waals surface area contributed by atoms with Gasteiger partial charge < -0.3 is 15.5 Å². The molecule has 0 bridgehead atoms. The summed E-state index contributed by atoms with van der Waals surface area (Å²) in [5.41, 5.74) is 6.05. The largest absolute Gasteiger partial charge is 0.370 e. The number of aromatic nitrogens is 1. The van der Waals surface area contributed by atoms with E-state index >= 15 is 0 Å². The van der Waals surface area contributed by atoms with E-state index in [4.69, 9.17) is 5.73 Å². The van der Waals surface area contributed by atoms with Crippen molar-refractivity contribution in [2.24, 2.45) is 10.7 Å². The molecule has 0 saturated carbocycles. The Bertz CT molecular complexity index is 665. The van der Waals surface area contributed by atoms with E-state index in [-0.39, 0.29) is 12.3 Å². The Kier molecular flexibility index (Phi) is 6.42. The monoisotopic (exact) mass is 404 g/mol. The van der Waals surface area contributed by atoms with Gasteiger partial charge in [0.25, 0.3) is 0 Å². The van der Waals surface area contributed by atoms with E-state index in [1.54, 1.807) is 27.4 Å². The van der Waals surface area contributed by atoms with Crippen molar-refractivity contribution in [1.82, 2.24) is 14.2 Å². The normalized spacial score (nSPS) is 20.9. The third-order valence-electron chi connectivity index (χ3n) is 4.28. The maximum atomic E-state index is 12.3. The zero-order valence-corrected chi connectivity index (χ0v) is 16.5. The van der Waals surface area contributed by atoms with Gasteiger partial charge in [0.2, 0.25) is 10.0 Å². The van der Waals surface area contributed by atoms with Crippen LogP contribution in [0.4, 0.5) is 5.13 Å². The van der Waals surface area contributed by atoms with Gasteiger partial charge in [0.15, 0.2) is 11.1 Å². The average Bonchev–Trinajstić information content (AvgIpc) is 3.17. The highest BCUT2D eigenvalue weighted by molar-refractivity contribution is 7.99. The molecule has 0 unspecified atom stereocenters. The maximum Gasteiger partial charge on any atom is 0.215 e. The number of hydrogen-bond donors (Lipinski definition) is 1. The molecule has 3 heterocycles. The topological polar surface area (TPSA) is 95.1 Å². The van der Waals surface area contributed by atoms with Crippen LogP contribution in [0.25, 0.3) is 0 Å². The van der Waals surface area contributed by atoms with Gasteiger partial charge in [-0.2, -0.15) is 11.8 Å². The van der Waals surface area contributed by atoms with E-state index in [0.29, 0.717) is 19.0 Å². The standard InChI is InChI=1S/C14H24N6O2S3/c15-13(16-2-12-25(21,22)20-7-10-23-11-8-20)18-3-5-19(6-4-18)14-17-1-9-24-14/h1,9H,2-8,10-12H2,(H2,15,16). The zero-order valence-electron chi connectivity index (χ0n) is 14.1. The summed E-state index contributed by atoms with van der Waals surface area (Å²) in [6.07, 6.45) is 1.81. The fraction of sp³-hybridized carbons (Fsp3) is 0.714. The predicted octanol–water partition coefficient (Wildman–Crippen LogP) is -0.0416. The lowest BCUT2D eigenvalue weighted by Crippen LogP contribution is -2.51. The third kappa shape index (κ3) is 4.99. The Hall–Kier alpha value is -1.04. The molecule has 3 rings (SSSR count). The minimum atomic E-state index is -3.22. The molecule has 2 saturated heterocycles. The number of thioether (sulfide) groups is 1. The van der Waals surface area contributed by atoms with Crippen LogP contribution in [0.15, 0.2) is 16.6 Å². The summed E-state index contributed by atoms with van der Waals surface area (Å²) in [5, 5.41) is 3.00. The molecule has 0 atom stereocenters. The average molecular weight is 405 g/mol. The Morgan fingerprint density at radius 3 is 2.56 bits per heavy atom. The van der Waals surface area contributed by atoms with Crippen LogP contribution in [0.1, 0.15) is 0 Å². The second-order valence-corrected chi connectivity index (χ2v) is 10.0. The van der Waals surface area contributed by atoms with E-state index in [1.165, 1.54) is 0 Å². The first-order valence-electron chi connectivity index (χ1n) is 8.31. The molecular formula is C14H24N6O2S3. The molecule has 0 aliphatic carbocycles. The molecule has 2 aliphatic rings. The van der Waals surface area contributed by atoms with Gasteiger partial charge >= 0.3 is 0 Å². The van der Waals surface area contributed by atoms with Crippen LogP contribution in [0, 0.1) is 0 Å². The van der Waals surface area contributed by atoms with Gasteiger partial charge in [-0.15, -0.1) is 11.3 Å². The lowest BCUT2D eigenvalue weighted by Gasteiger charge is -2.35. The second-order valence-electron chi connectivity index (χ2n) is 5.86. The second kappa shape index (κ2) is 8.56. The minimum Gasteiger partial charge on any atom is -0.370 e. The number of hydrogen-bond acceptors (Lipinski definition) is 7. The van der Waals surface area contributed by atoms with Crippen LogP contribution >= 0.6 is 23.1 Å². The number of piperazine rings is 1. The first-order valence-corrected chi connectivity index (χ1v) is 12.0. The van der Waals surface area contributed by atoms with Gasteiger partial charge in [-0.3, -0.25) is 4.99 Å². The number of anilines is 1. The molecule has 2 N–H and O–H groups in total. The summed E-state index contributed by atoms with van der Waals surface area (Å²) in [7, 11) is -3.22.